The van der Waals surface area contributed by atoms with Gasteiger partial charge < -0.3 is 130 Å². The standard InChI is InChI=1S/C86H117N19O25S/c1-7-9-20-64-79(123)93-55(27-29-70(111)112)75(119)100-63(74(118)91-40-68(88)109)43-131-44-69(110)92-58(32-46-23-25-49(107)26-24-46)82(126)101(4)45(3)73(117)96-60(36-72(115)116)85(129)104-31-15-22-65(104)80(124)98-61(37-87)77(121)94-56(28-30-71(113)114)84(128)105-41-50(108)35-67(105)81(125)95-57(33-47-38-89-53-18-13-11-16-51(47)53)76(120)99-62(42-106)78(122)97-59(34-48-39-90-54-19-14-12-17-52(48)54)83(127)103(6)66(21-10-8-2)86(130)102(64)5/h11-14,16-19,23-26,38-39,45,50,55-67,89-90,106-108H,7-10,15,20-22,27-37,40-44,87H2,1-6H3,(H2,88,109)(H,91,118)(H,92,110)(H,93,123)(H,94,121)(H,95,125)(H,96,117)(H,97,122)(H,98,124)(H,99,120)(H,100,119)(H,111,112)(H,113,114)(H,115,116)/t45-,50+,55-,56-,57-,58-,59-,60+,61-,62-,63-,64-,65-,66-,67-/m0/s1. The highest BCUT2D eigenvalue weighted by Crippen LogP contribution is 2.28. The molecule has 8 rings (SSSR count). The van der Waals surface area contributed by atoms with Gasteiger partial charge in [-0.15, -0.1) is 11.8 Å². The number of aliphatic hydroxyl groups excluding tert-OH is 2. The van der Waals surface area contributed by atoms with Crippen molar-refractivity contribution >= 4 is 146 Å². The molecule has 0 spiro atoms. The van der Waals surface area contributed by atoms with Crippen molar-refractivity contribution in [3.8, 4) is 5.75 Å². The number of phenols is 1. The van der Waals surface area contributed by atoms with Crippen molar-refractivity contribution in [3.05, 3.63) is 102 Å². The van der Waals surface area contributed by atoms with Crippen LogP contribution in [-0.2, 0) is 110 Å². The van der Waals surface area contributed by atoms with Crippen molar-refractivity contribution in [1.29, 1.82) is 0 Å². The summed E-state index contributed by atoms with van der Waals surface area (Å²) in [6, 6.07) is -4.71. The van der Waals surface area contributed by atoms with Crippen LogP contribution in [-0.4, -0.2) is 334 Å². The van der Waals surface area contributed by atoms with E-state index < -0.39 is 279 Å². The second kappa shape index (κ2) is 48.9. The minimum absolute atomic E-state index is 0.0680. The fourth-order valence-corrected chi connectivity index (χ4v) is 16.6. The van der Waals surface area contributed by atoms with E-state index in [1.165, 1.54) is 51.5 Å². The number of aromatic amines is 2. The van der Waals surface area contributed by atoms with Crippen LogP contribution in [0.2, 0.25) is 0 Å². The van der Waals surface area contributed by atoms with Gasteiger partial charge in [-0.3, -0.25) is 91.1 Å². The number of amides is 16. The van der Waals surface area contributed by atoms with Crippen LogP contribution in [0.15, 0.2) is 85.2 Å². The zero-order chi connectivity index (χ0) is 96.2. The van der Waals surface area contributed by atoms with Crippen molar-refractivity contribution in [3.63, 3.8) is 0 Å². The van der Waals surface area contributed by atoms with Crippen molar-refractivity contribution in [2.45, 2.75) is 221 Å². The zero-order valence-electron chi connectivity index (χ0n) is 73.5. The van der Waals surface area contributed by atoms with Gasteiger partial charge in [0.05, 0.1) is 31.4 Å². The predicted octanol–water partition coefficient (Wildman–Crippen LogP) is -3.92. The fourth-order valence-electron chi connectivity index (χ4n) is 15.7. The smallest absolute Gasteiger partial charge is 0.305 e. The number of para-hydroxylation sites is 2. The number of aliphatic carboxylic acids is 3. The second-order valence-electron chi connectivity index (χ2n) is 32.6. The van der Waals surface area contributed by atoms with Gasteiger partial charge in [0, 0.05) is 119 Å². The van der Waals surface area contributed by atoms with Gasteiger partial charge in [-0.25, -0.2) is 0 Å². The zero-order valence-corrected chi connectivity index (χ0v) is 74.3. The summed E-state index contributed by atoms with van der Waals surface area (Å²) < 4.78 is 0. The second-order valence-corrected chi connectivity index (χ2v) is 33.6. The molecule has 3 saturated heterocycles. The minimum Gasteiger partial charge on any atom is -0.508 e. The normalized spacial score (nSPS) is 25.1. The molecule has 22 N–H and O–H groups in total. The topological polar surface area (TPSA) is 666 Å². The lowest BCUT2D eigenvalue weighted by atomic mass is 10.00. The number of phenolic OH excluding ortho intramolecular Hbond substituents is 1. The van der Waals surface area contributed by atoms with Crippen LogP contribution in [0.3, 0.4) is 0 Å². The molecule has 5 aromatic rings. The third kappa shape index (κ3) is 28.6. The van der Waals surface area contributed by atoms with Crippen LogP contribution in [0.1, 0.15) is 127 Å². The number of aliphatic hydroxyl groups is 2. The molecule has 15 atom stereocenters. The molecule has 0 aliphatic carbocycles. The van der Waals surface area contributed by atoms with Gasteiger partial charge in [-0.05, 0) is 86.4 Å². The number of carbonyl (C=O) groups is 19. The molecule has 16 amide bonds. The van der Waals surface area contributed by atoms with Crippen LogP contribution in [0.4, 0.5) is 0 Å². The van der Waals surface area contributed by atoms with Crippen molar-refractivity contribution in [1.82, 2.24) is 87.6 Å². The van der Waals surface area contributed by atoms with Crippen LogP contribution in [0.25, 0.3) is 21.8 Å². The van der Waals surface area contributed by atoms with Gasteiger partial charge in [0.1, 0.15) is 90.3 Å². The number of fused-ring (bicyclic) bond motifs is 4. The lowest BCUT2D eigenvalue weighted by Crippen LogP contribution is -2.62. The average Bonchev–Trinajstić information content (AvgIpc) is 1.80. The fraction of sp³-hybridized carbons (Fsp3) is 0.523. The number of primary amides is 1. The number of nitrogens with zero attached hydrogens (tertiary/aromatic N) is 5. The van der Waals surface area contributed by atoms with E-state index in [0.717, 1.165) is 31.5 Å². The van der Waals surface area contributed by atoms with Gasteiger partial charge in [0.2, 0.25) is 94.5 Å². The summed E-state index contributed by atoms with van der Waals surface area (Å²) in [4.78, 5) is 282. The van der Waals surface area contributed by atoms with E-state index in [0.29, 0.717) is 63.1 Å². The number of carbonyl (C=O) groups excluding carboxylic acids is 16. The number of unbranched alkanes of at least 4 members (excludes halogenated alkanes) is 2. The summed E-state index contributed by atoms with van der Waals surface area (Å²) in [5.41, 5.74) is 13.9. The van der Waals surface area contributed by atoms with E-state index in [4.69, 9.17) is 11.5 Å². The Morgan fingerprint density at radius 2 is 1.01 bits per heavy atom. The van der Waals surface area contributed by atoms with Crippen LogP contribution in [0.5, 0.6) is 5.75 Å². The molecule has 3 fully saturated rings. The molecule has 3 aliphatic rings. The van der Waals surface area contributed by atoms with Crippen molar-refractivity contribution in [2.75, 3.05) is 65.4 Å². The van der Waals surface area contributed by atoms with Crippen molar-refractivity contribution in [2.24, 2.45) is 11.5 Å². The monoisotopic (exact) mass is 1850 g/mol. The van der Waals surface area contributed by atoms with Gasteiger partial charge in [-0.1, -0.05) is 88.1 Å². The molecule has 0 saturated carbocycles. The number of hydrogen-bond acceptors (Lipinski definition) is 24. The number of likely N-dealkylation sites (N-methyl/N-ethyl adjacent to an activating group) is 3. The number of H-pyrrole nitrogens is 2. The Hall–Kier alpha value is -13.3. The average molecular weight is 1850 g/mol. The van der Waals surface area contributed by atoms with Crippen molar-refractivity contribution < 1.29 is 122 Å². The molecule has 0 unspecified atom stereocenters. The molecule has 2 aromatic heterocycles. The Labute approximate surface area is 757 Å². The van der Waals surface area contributed by atoms with Crippen LogP contribution >= 0.6 is 11.8 Å². The van der Waals surface area contributed by atoms with E-state index in [1.807, 2.05) is 0 Å². The van der Waals surface area contributed by atoms with Gasteiger partial charge in [-0.2, -0.15) is 0 Å². The highest BCUT2D eigenvalue weighted by molar-refractivity contribution is 8.00. The number of carboxylic acid groups (broad SMARTS) is 3. The number of aromatic nitrogens is 2. The molecule has 712 valence electrons. The lowest BCUT2D eigenvalue weighted by molar-refractivity contribution is -0.149. The predicted molar refractivity (Wildman–Crippen MR) is 470 cm³/mol. The Morgan fingerprint density at radius 3 is 1.60 bits per heavy atom. The summed E-state index contributed by atoms with van der Waals surface area (Å²) in [7, 11) is 3.69. The maximum Gasteiger partial charge on any atom is 0.305 e. The molecule has 3 aliphatic heterocycles. The maximum absolute atomic E-state index is 15.6. The first-order valence-electron chi connectivity index (χ1n) is 43.1. The number of benzene rings is 3. The SMILES string of the molecule is CCCC[C@H]1C(=O)N(C)[C@@H](CCCC)C(=O)N[C@@H](CCC(=O)O)C(=O)N[C@H](C(=O)NCC(N)=O)CSCC(=O)N[C@@H](Cc2ccc(O)cc2)C(=O)N(C)[C@@H](C)C(=O)N[C@H](CC(=O)O)C(=O)N2CCC[C@H]2C(=O)N[C@@H](CN)C(=O)N[C@@H](CCC(=O)O)C(=O)N2C[C@H](O)C[C@H]2C(=O)N[C@@H](Cc2c[nH]c3ccccc23)C(=O)N[C@@H](CO)C(=O)N[C@@H](Cc2c[nH]c3ccccc23)C(=O)N1C. The summed E-state index contributed by atoms with van der Waals surface area (Å²) >= 11 is 0.680. The summed E-state index contributed by atoms with van der Waals surface area (Å²) in [6.45, 7) is 1.25. The van der Waals surface area contributed by atoms with E-state index in [2.05, 4.69) is 63.1 Å². The number of nitrogens with two attached hydrogens (primary N) is 2. The highest BCUT2D eigenvalue weighted by atomic mass is 32.2. The molecule has 5 heterocycles. The Bertz CT molecular complexity index is 4990. The third-order valence-corrected chi connectivity index (χ3v) is 24.2. The third-order valence-electron chi connectivity index (χ3n) is 23.2. The minimum atomic E-state index is -1.96. The number of carboxylic acids is 3. The first-order chi connectivity index (χ1) is 62.3. The van der Waals surface area contributed by atoms with Crippen LogP contribution in [0, 0.1) is 0 Å². The quantitative estimate of drug-likeness (QED) is 0.0265. The molecule has 3 aromatic carbocycles. The molecular weight excluding hydrogens is 1730 g/mol. The van der Waals surface area contributed by atoms with E-state index >= 15 is 33.6 Å². The Morgan fingerprint density at radius 1 is 0.511 bits per heavy atom. The Balaban J connectivity index is 1.19. The van der Waals surface area contributed by atoms with Gasteiger partial charge in [0.15, 0.2) is 0 Å². The first-order valence-corrected chi connectivity index (χ1v) is 44.2. The molecule has 0 bridgehead atoms. The molecule has 131 heavy (non-hydrogen) atoms. The maximum atomic E-state index is 15.6. The molecular formula is C86H117N19O25S. The van der Waals surface area contributed by atoms with E-state index in [9.17, 15) is 88.2 Å². The summed E-state index contributed by atoms with van der Waals surface area (Å²) in [5.74, 6) is -22.9. The Kier molecular flexibility index (Phi) is 38.5. The number of rotatable bonds is 25. The lowest BCUT2D eigenvalue weighted by Gasteiger charge is -2.36. The first kappa shape index (κ1) is 103. The largest absolute Gasteiger partial charge is 0.508 e. The highest BCUT2D eigenvalue weighted by Gasteiger charge is 2.47. The molecule has 44 nitrogen and oxygen atoms in total. The van der Waals surface area contributed by atoms with E-state index in [-0.39, 0.29) is 70.1 Å². The molecule has 0 radical (unpaired) electrons. The number of hydrogen-bond donors (Lipinski definition) is 20. The number of aromatic hydroxyl groups is 1. The van der Waals surface area contributed by atoms with Crippen LogP contribution < -0.4 is 64.6 Å². The van der Waals surface area contributed by atoms with Gasteiger partial charge >= 0.3 is 17.9 Å². The number of nitrogens with one attached hydrogen (secondary N) is 12. The number of thioether (sulfide) groups is 1. The van der Waals surface area contributed by atoms with E-state index in [1.54, 1.807) is 68.6 Å². The summed E-state index contributed by atoms with van der Waals surface area (Å²) in [6.07, 6.45) is -2.72. The molecule has 45 heteroatoms. The summed E-state index contributed by atoms with van der Waals surface area (Å²) in [5, 5.41) is 88.7. The van der Waals surface area contributed by atoms with Gasteiger partial charge in [0.25, 0.3) is 0 Å².